The Kier molecular flexibility index (Phi) is 5.12. The molecule has 0 spiro atoms. The van der Waals surface area contributed by atoms with Gasteiger partial charge in [0.25, 0.3) is 0 Å². The van der Waals surface area contributed by atoms with Gasteiger partial charge in [-0.25, -0.2) is 0 Å². The average Bonchev–Trinajstić information content (AvgIpc) is 3.15. The summed E-state index contributed by atoms with van der Waals surface area (Å²) in [4.78, 5) is 4.80. The lowest BCUT2D eigenvalue weighted by molar-refractivity contribution is 0.630. The maximum atomic E-state index is 6.54. The van der Waals surface area contributed by atoms with E-state index in [0.29, 0.717) is 5.92 Å². The summed E-state index contributed by atoms with van der Waals surface area (Å²) in [6, 6.07) is 17.8. The molecule has 5 rings (SSSR count). The van der Waals surface area contributed by atoms with E-state index in [1.54, 1.807) is 0 Å². The molecule has 0 radical (unpaired) electrons. The van der Waals surface area contributed by atoms with Crippen LogP contribution in [-0.2, 0) is 0 Å². The number of aryl methyl sites for hydroxylation is 5. The van der Waals surface area contributed by atoms with Gasteiger partial charge in [-0.2, -0.15) is 0 Å². The van der Waals surface area contributed by atoms with Gasteiger partial charge in [0.2, 0.25) is 0 Å². The lowest BCUT2D eigenvalue weighted by Gasteiger charge is -2.16. The highest BCUT2D eigenvalue weighted by molar-refractivity contribution is 5.98. The van der Waals surface area contributed by atoms with E-state index >= 15 is 0 Å². The summed E-state index contributed by atoms with van der Waals surface area (Å²) in [6.07, 6.45) is 1.90. The smallest absolute Gasteiger partial charge is 0.161 e. The summed E-state index contributed by atoms with van der Waals surface area (Å²) in [5.41, 5.74) is 11.8. The molecule has 0 unspecified atom stereocenters. The zero-order chi connectivity index (χ0) is 23.4. The maximum Gasteiger partial charge on any atom is 0.161 e. The molecule has 5 aromatic rings. The van der Waals surface area contributed by atoms with Crippen molar-refractivity contribution in [1.29, 1.82) is 0 Å². The van der Waals surface area contributed by atoms with E-state index in [2.05, 4.69) is 90.9 Å². The standard InChI is InChI=1S/C31H31NO/c1-17(2)26-15-25(14-24-13-19(4)12-22(7)29(24)26)30-31-23(8-9-32-30)16-27(33-31)28-20(5)10-18(3)11-21(28)6/h8-17H,1-7H3. The Bertz CT molecular complexity index is 1510. The number of hydrogen-bond donors (Lipinski definition) is 0. The van der Waals surface area contributed by atoms with Gasteiger partial charge in [-0.1, -0.05) is 49.2 Å². The van der Waals surface area contributed by atoms with Gasteiger partial charge in [0.1, 0.15) is 11.5 Å². The van der Waals surface area contributed by atoms with E-state index in [1.165, 1.54) is 49.7 Å². The second-order valence-electron chi connectivity index (χ2n) is 9.86. The lowest BCUT2D eigenvalue weighted by atomic mass is 9.89. The van der Waals surface area contributed by atoms with Crippen LogP contribution in [0, 0.1) is 34.6 Å². The molecule has 3 aromatic carbocycles. The number of fused-ring (bicyclic) bond motifs is 2. The number of furan rings is 1. The summed E-state index contributed by atoms with van der Waals surface area (Å²) < 4.78 is 6.54. The van der Waals surface area contributed by atoms with Crippen LogP contribution in [0.25, 0.3) is 44.3 Å². The molecular formula is C31H31NO. The first-order chi connectivity index (χ1) is 15.7. The lowest BCUT2D eigenvalue weighted by Crippen LogP contribution is -1.95. The van der Waals surface area contributed by atoms with Crippen molar-refractivity contribution in [3.63, 3.8) is 0 Å². The van der Waals surface area contributed by atoms with E-state index in [9.17, 15) is 0 Å². The monoisotopic (exact) mass is 433 g/mol. The van der Waals surface area contributed by atoms with Crippen molar-refractivity contribution in [3.8, 4) is 22.6 Å². The molecular weight excluding hydrogens is 402 g/mol. The summed E-state index contributed by atoms with van der Waals surface area (Å²) in [7, 11) is 0. The van der Waals surface area contributed by atoms with Gasteiger partial charge in [0, 0.05) is 22.7 Å². The fourth-order valence-corrected chi connectivity index (χ4v) is 5.41. The van der Waals surface area contributed by atoms with Crippen LogP contribution in [0.3, 0.4) is 0 Å². The first-order valence-corrected chi connectivity index (χ1v) is 11.7. The van der Waals surface area contributed by atoms with Crippen molar-refractivity contribution >= 4 is 21.7 Å². The summed E-state index contributed by atoms with van der Waals surface area (Å²) in [6.45, 7) is 15.4. The highest BCUT2D eigenvalue weighted by Gasteiger charge is 2.18. The fourth-order valence-electron chi connectivity index (χ4n) is 5.41. The summed E-state index contributed by atoms with van der Waals surface area (Å²) in [5, 5.41) is 3.71. The van der Waals surface area contributed by atoms with Gasteiger partial charge in [0.15, 0.2) is 5.58 Å². The third-order valence-corrected chi connectivity index (χ3v) is 6.67. The van der Waals surface area contributed by atoms with Crippen LogP contribution in [0.15, 0.2) is 59.1 Å². The van der Waals surface area contributed by atoms with Gasteiger partial charge < -0.3 is 4.42 Å². The van der Waals surface area contributed by atoms with E-state index in [-0.39, 0.29) is 0 Å². The SMILES string of the molecule is Cc1cc(C)c(-c2cc3ccnc(-c4cc(C(C)C)c5c(C)cc(C)cc5c4)c3o2)c(C)c1. The van der Waals surface area contributed by atoms with Crippen LogP contribution in [0.4, 0.5) is 0 Å². The molecule has 2 aromatic heterocycles. The van der Waals surface area contributed by atoms with Crippen LogP contribution in [0.1, 0.15) is 53.1 Å². The topological polar surface area (TPSA) is 26.0 Å². The molecule has 0 atom stereocenters. The zero-order valence-corrected chi connectivity index (χ0v) is 20.6. The molecule has 0 saturated carbocycles. The van der Waals surface area contributed by atoms with Gasteiger partial charge >= 0.3 is 0 Å². The van der Waals surface area contributed by atoms with Gasteiger partial charge in [0.05, 0.1) is 0 Å². The average molecular weight is 434 g/mol. The largest absolute Gasteiger partial charge is 0.454 e. The molecule has 0 N–H and O–H groups in total. The van der Waals surface area contributed by atoms with Crippen molar-refractivity contribution in [2.24, 2.45) is 0 Å². The normalized spacial score (nSPS) is 11.8. The molecule has 0 aliphatic rings. The maximum absolute atomic E-state index is 6.54. The molecule has 0 saturated heterocycles. The number of nitrogens with zero attached hydrogens (tertiary/aromatic N) is 1. The van der Waals surface area contributed by atoms with Gasteiger partial charge in [-0.15, -0.1) is 0 Å². The number of pyridine rings is 1. The van der Waals surface area contributed by atoms with Crippen molar-refractivity contribution in [2.75, 3.05) is 0 Å². The first kappa shape index (κ1) is 21.5. The van der Waals surface area contributed by atoms with Gasteiger partial charge in [-0.3, -0.25) is 4.98 Å². The first-order valence-electron chi connectivity index (χ1n) is 11.7. The van der Waals surface area contributed by atoms with Crippen molar-refractivity contribution in [2.45, 2.75) is 54.4 Å². The Labute approximate surface area is 196 Å². The van der Waals surface area contributed by atoms with E-state index < -0.39 is 0 Å². The molecule has 2 heterocycles. The summed E-state index contributed by atoms with van der Waals surface area (Å²) >= 11 is 0. The molecule has 33 heavy (non-hydrogen) atoms. The van der Waals surface area contributed by atoms with Crippen LogP contribution < -0.4 is 0 Å². The predicted molar refractivity (Wildman–Crippen MR) is 140 cm³/mol. The third kappa shape index (κ3) is 3.64. The molecule has 0 amide bonds. The molecule has 2 nitrogen and oxygen atoms in total. The Morgan fingerprint density at radius 1 is 0.727 bits per heavy atom. The van der Waals surface area contributed by atoms with Crippen LogP contribution in [-0.4, -0.2) is 4.98 Å². The Morgan fingerprint density at radius 2 is 1.39 bits per heavy atom. The molecule has 0 aliphatic carbocycles. The quantitative estimate of drug-likeness (QED) is 0.284. The minimum atomic E-state index is 0.415. The number of rotatable bonds is 3. The Hall–Kier alpha value is -3.39. The third-order valence-electron chi connectivity index (χ3n) is 6.67. The van der Waals surface area contributed by atoms with Crippen LogP contribution in [0.5, 0.6) is 0 Å². The highest BCUT2D eigenvalue weighted by atomic mass is 16.3. The van der Waals surface area contributed by atoms with Crippen LogP contribution in [0.2, 0.25) is 0 Å². The summed E-state index contributed by atoms with van der Waals surface area (Å²) in [5.74, 6) is 1.32. The number of hydrogen-bond acceptors (Lipinski definition) is 2. The molecule has 0 aliphatic heterocycles. The molecule has 2 heteroatoms. The minimum absolute atomic E-state index is 0.415. The van der Waals surface area contributed by atoms with Crippen LogP contribution >= 0.6 is 0 Å². The second-order valence-corrected chi connectivity index (χ2v) is 9.86. The molecule has 166 valence electrons. The Balaban J connectivity index is 1.77. The van der Waals surface area contributed by atoms with Crippen molar-refractivity contribution in [3.05, 3.63) is 88.1 Å². The van der Waals surface area contributed by atoms with E-state index in [0.717, 1.165) is 28.0 Å². The number of benzene rings is 3. The number of aromatic nitrogens is 1. The predicted octanol–water partition coefficient (Wildman–Crippen LogP) is 8.98. The fraction of sp³-hybridized carbons (Fsp3) is 0.258. The molecule has 0 fully saturated rings. The van der Waals surface area contributed by atoms with Crippen molar-refractivity contribution in [1.82, 2.24) is 4.98 Å². The molecule has 0 bridgehead atoms. The minimum Gasteiger partial charge on any atom is -0.454 e. The Morgan fingerprint density at radius 3 is 2.09 bits per heavy atom. The van der Waals surface area contributed by atoms with Gasteiger partial charge in [-0.05, 0) is 97.8 Å². The van der Waals surface area contributed by atoms with E-state index in [1.807, 2.05) is 12.3 Å². The zero-order valence-electron chi connectivity index (χ0n) is 20.6. The second kappa shape index (κ2) is 7.88. The van der Waals surface area contributed by atoms with E-state index in [4.69, 9.17) is 9.40 Å². The highest BCUT2D eigenvalue weighted by Crippen LogP contribution is 2.39. The van der Waals surface area contributed by atoms with Crippen molar-refractivity contribution < 1.29 is 4.42 Å².